The lowest BCUT2D eigenvalue weighted by Crippen LogP contribution is -2.02. The highest BCUT2D eigenvalue weighted by molar-refractivity contribution is 6.12. The van der Waals surface area contributed by atoms with Crippen molar-refractivity contribution in [2.75, 3.05) is 0 Å². The largest absolute Gasteiger partial charge is 0.251 e. The fraction of sp³-hybridized carbons (Fsp3) is 0.0667. The molecule has 222 valence electrons. The number of pyridine rings is 2. The molecule has 0 fully saturated rings. The molecule has 2 heteroatoms. The topological polar surface area (TPSA) is 25.8 Å². The minimum absolute atomic E-state index is 0.936. The van der Waals surface area contributed by atoms with Gasteiger partial charge in [-0.3, -0.25) is 4.98 Å². The lowest BCUT2D eigenvalue weighted by Gasteiger charge is -2.24. The van der Waals surface area contributed by atoms with Crippen molar-refractivity contribution in [2.24, 2.45) is 0 Å². The molecule has 2 aromatic heterocycles. The van der Waals surface area contributed by atoms with Gasteiger partial charge in [0.25, 0.3) is 0 Å². The van der Waals surface area contributed by atoms with Crippen molar-refractivity contribution in [2.45, 2.75) is 19.8 Å². The summed E-state index contributed by atoms with van der Waals surface area (Å²) in [5.41, 5.74) is 15.2. The molecular formula is C45H32N2. The summed E-state index contributed by atoms with van der Waals surface area (Å²) in [6.07, 6.45) is 6.77. The van der Waals surface area contributed by atoms with Gasteiger partial charge in [0.2, 0.25) is 0 Å². The minimum Gasteiger partial charge on any atom is -0.251 e. The molecule has 9 rings (SSSR count). The van der Waals surface area contributed by atoms with E-state index in [1.807, 2.05) is 6.92 Å². The van der Waals surface area contributed by atoms with Crippen LogP contribution in [0.4, 0.5) is 0 Å². The van der Waals surface area contributed by atoms with Gasteiger partial charge in [0.1, 0.15) is 0 Å². The normalized spacial score (nSPS) is 12.5. The van der Waals surface area contributed by atoms with E-state index in [0.29, 0.717) is 0 Å². The van der Waals surface area contributed by atoms with Crippen LogP contribution in [0, 0.1) is 6.92 Å². The van der Waals surface area contributed by atoms with Crippen molar-refractivity contribution in [3.63, 3.8) is 0 Å². The molecule has 0 spiro atoms. The number of aromatic nitrogens is 2. The smallest absolute Gasteiger partial charge is 0.0978 e. The predicted octanol–water partition coefficient (Wildman–Crippen LogP) is 11.9. The van der Waals surface area contributed by atoms with Crippen molar-refractivity contribution >= 4 is 38.7 Å². The number of fused-ring (bicyclic) bond motifs is 5. The van der Waals surface area contributed by atoms with Gasteiger partial charge in [-0.1, -0.05) is 133 Å². The fourth-order valence-electron chi connectivity index (χ4n) is 7.44. The first kappa shape index (κ1) is 27.5. The number of allylic oxidation sites excluding steroid dienone is 1. The Morgan fingerprint density at radius 1 is 0.511 bits per heavy atom. The molecule has 0 saturated carbocycles. The molecule has 6 aromatic carbocycles. The van der Waals surface area contributed by atoms with E-state index in [9.17, 15) is 0 Å². The van der Waals surface area contributed by atoms with Crippen LogP contribution in [0.3, 0.4) is 0 Å². The number of hydrogen-bond donors (Lipinski definition) is 0. The molecule has 0 saturated heterocycles. The second kappa shape index (κ2) is 11.2. The zero-order chi connectivity index (χ0) is 31.3. The van der Waals surface area contributed by atoms with E-state index >= 15 is 0 Å². The third kappa shape index (κ3) is 4.64. The molecule has 0 aliphatic heterocycles. The van der Waals surface area contributed by atoms with Crippen LogP contribution >= 0.6 is 0 Å². The van der Waals surface area contributed by atoms with Crippen molar-refractivity contribution < 1.29 is 0 Å². The maximum absolute atomic E-state index is 5.25. The van der Waals surface area contributed by atoms with E-state index < -0.39 is 0 Å². The van der Waals surface area contributed by atoms with Gasteiger partial charge >= 0.3 is 0 Å². The first-order valence-corrected chi connectivity index (χ1v) is 16.4. The number of hydrogen-bond acceptors (Lipinski definition) is 2. The van der Waals surface area contributed by atoms with Gasteiger partial charge in [0.05, 0.1) is 16.7 Å². The highest BCUT2D eigenvalue weighted by atomic mass is 14.8. The lowest BCUT2D eigenvalue weighted by atomic mass is 9.80. The van der Waals surface area contributed by atoms with Crippen LogP contribution in [0.2, 0.25) is 0 Å². The van der Waals surface area contributed by atoms with E-state index in [1.54, 1.807) is 0 Å². The van der Waals surface area contributed by atoms with Crippen molar-refractivity contribution in [1.82, 2.24) is 9.97 Å². The van der Waals surface area contributed by atoms with Crippen LogP contribution in [0.5, 0.6) is 0 Å². The number of nitrogens with zero attached hydrogens (tertiary/aromatic N) is 2. The van der Waals surface area contributed by atoms with Gasteiger partial charge in [-0.05, 0) is 93.2 Å². The van der Waals surface area contributed by atoms with Gasteiger partial charge in [0, 0.05) is 22.0 Å². The number of rotatable bonds is 4. The molecule has 1 aliphatic rings. The number of benzene rings is 6. The average Bonchev–Trinajstić information content (AvgIpc) is 3.14. The lowest BCUT2D eigenvalue weighted by molar-refractivity contribution is 0.991. The zero-order valence-electron chi connectivity index (χ0n) is 26.2. The third-order valence-corrected chi connectivity index (χ3v) is 9.58. The monoisotopic (exact) mass is 600 g/mol. The van der Waals surface area contributed by atoms with Gasteiger partial charge in [-0.25, -0.2) is 4.98 Å². The Morgan fingerprint density at radius 3 is 2.00 bits per heavy atom. The van der Waals surface area contributed by atoms with E-state index in [2.05, 4.69) is 152 Å². The molecule has 47 heavy (non-hydrogen) atoms. The predicted molar refractivity (Wildman–Crippen MR) is 198 cm³/mol. The standard InChI is InChI=1S/C45H32N2/c1-29-23-24-32-25-26-39-40(28-41(30-13-4-2-5-14-30)47-45(39)44(32)46-29)33-17-12-18-34(27-33)43-37-21-10-8-19-35(37)42(31-15-6-3-7-16-31)36-20-9-11-22-38(36)43/h2-8,10-19,21-28H,9,20H2,1H3. The van der Waals surface area contributed by atoms with E-state index in [4.69, 9.17) is 9.97 Å². The molecule has 0 radical (unpaired) electrons. The van der Waals surface area contributed by atoms with E-state index in [0.717, 1.165) is 57.2 Å². The Bertz CT molecular complexity index is 2510. The summed E-state index contributed by atoms with van der Waals surface area (Å²) in [7, 11) is 0. The average molecular weight is 601 g/mol. The van der Waals surface area contributed by atoms with Crippen LogP contribution in [-0.4, -0.2) is 9.97 Å². The quantitative estimate of drug-likeness (QED) is 0.188. The van der Waals surface area contributed by atoms with Gasteiger partial charge in [-0.2, -0.15) is 0 Å². The summed E-state index contributed by atoms with van der Waals surface area (Å²) in [4.78, 5) is 10.2. The SMILES string of the molecule is Cc1ccc2ccc3c(-c4cccc(-c5c6c(c(-c7ccccc7)c7ccccc57)CCC=C6)c4)cc(-c4ccccc4)nc3c2n1. The zero-order valence-corrected chi connectivity index (χ0v) is 26.2. The Balaban J connectivity index is 1.32. The maximum atomic E-state index is 5.25. The minimum atomic E-state index is 0.936. The molecule has 2 nitrogen and oxygen atoms in total. The van der Waals surface area contributed by atoms with Gasteiger partial charge in [-0.15, -0.1) is 0 Å². The van der Waals surface area contributed by atoms with Gasteiger partial charge < -0.3 is 0 Å². The van der Waals surface area contributed by atoms with Crippen LogP contribution in [0.25, 0.3) is 83.3 Å². The van der Waals surface area contributed by atoms with Crippen LogP contribution < -0.4 is 0 Å². The summed E-state index contributed by atoms with van der Waals surface area (Å²) in [6, 6.07) is 50.3. The van der Waals surface area contributed by atoms with Crippen LogP contribution in [0.15, 0.2) is 146 Å². The molecule has 1 aliphatic carbocycles. The maximum Gasteiger partial charge on any atom is 0.0978 e. The molecule has 0 atom stereocenters. The van der Waals surface area contributed by atoms with E-state index in [-0.39, 0.29) is 0 Å². The van der Waals surface area contributed by atoms with Crippen molar-refractivity contribution in [3.8, 4) is 44.6 Å². The Kier molecular flexibility index (Phi) is 6.53. The van der Waals surface area contributed by atoms with Crippen molar-refractivity contribution in [3.05, 3.63) is 162 Å². The highest BCUT2D eigenvalue weighted by Gasteiger charge is 2.22. The summed E-state index contributed by atoms with van der Waals surface area (Å²) in [6.45, 7) is 2.05. The van der Waals surface area contributed by atoms with E-state index in [1.165, 1.54) is 49.7 Å². The Morgan fingerprint density at radius 2 is 1.19 bits per heavy atom. The van der Waals surface area contributed by atoms with Gasteiger partial charge in [0.15, 0.2) is 0 Å². The summed E-state index contributed by atoms with van der Waals surface area (Å²) >= 11 is 0. The molecule has 8 aromatic rings. The molecule has 0 bridgehead atoms. The van der Waals surface area contributed by atoms with Crippen LogP contribution in [0.1, 0.15) is 23.2 Å². The van der Waals surface area contributed by atoms with Crippen molar-refractivity contribution in [1.29, 1.82) is 0 Å². The Hall–Kier alpha value is -5.86. The summed E-state index contributed by atoms with van der Waals surface area (Å²) < 4.78 is 0. The second-order valence-corrected chi connectivity index (χ2v) is 12.5. The first-order valence-electron chi connectivity index (χ1n) is 16.4. The second-order valence-electron chi connectivity index (χ2n) is 12.5. The highest BCUT2D eigenvalue weighted by Crippen LogP contribution is 2.45. The third-order valence-electron chi connectivity index (χ3n) is 9.58. The fourth-order valence-corrected chi connectivity index (χ4v) is 7.44. The summed E-state index contributed by atoms with van der Waals surface area (Å²) in [5, 5.41) is 4.80. The van der Waals surface area contributed by atoms with Crippen LogP contribution in [-0.2, 0) is 6.42 Å². The molecular weight excluding hydrogens is 569 g/mol. The molecule has 0 N–H and O–H groups in total. The molecule has 0 amide bonds. The molecule has 2 heterocycles. The first-order chi connectivity index (χ1) is 23.2. The Labute approximate surface area is 274 Å². The molecule has 0 unspecified atom stereocenters. The number of aryl methyl sites for hydroxylation is 1. The summed E-state index contributed by atoms with van der Waals surface area (Å²) in [5.74, 6) is 0.